The lowest BCUT2D eigenvalue weighted by Gasteiger charge is -2.03. The van der Waals surface area contributed by atoms with E-state index in [-0.39, 0.29) is 0 Å². The molecule has 0 amide bonds. The zero-order valence-corrected chi connectivity index (χ0v) is 9.46. The predicted octanol–water partition coefficient (Wildman–Crippen LogP) is 4.57. The van der Waals surface area contributed by atoms with Crippen molar-refractivity contribution in [2.45, 2.75) is 58.8 Å². The lowest BCUT2D eigenvalue weighted by atomic mass is 10.0. The molecule has 0 nitrogen and oxygen atoms in total. The second kappa shape index (κ2) is 9.44. The van der Waals surface area contributed by atoms with E-state index >= 15 is 0 Å². The molecule has 0 aliphatic rings. The molecular formula is C11H23S. The summed E-state index contributed by atoms with van der Waals surface area (Å²) in [4.78, 5) is 0. The minimum Gasteiger partial charge on any atom is -0.0942 e. The largest absolute Gasteiger partial charge is 0.0942 e. The predicted molar refractivity (Wildman–Crippen MR) is 59.6 cm³/mol. The van der Waals surface area contributed by atoms with Gasteiger partial charge >= 0.3 is 0 Å². The van der Waals surface area contributed by atoms with Crippen LogP contribution in [0.2, 0.25) is 0 Å². The highest BCUT2D eigenvalue weighted by atomic mass is 32.1. The van der Waals surface area contributed by atoms with Gasteiger partial charge in [0.1, 0.15) is 0 Å². The van der Waals surface area contributed by atoms with Gasteiger partial charge in [0.15, 0.2) is 0 Å². The summed E-state index contributed by atoms with van der Waals surface area (Å²) in [6.07, 6.45) is 9.67. The summed E-state index contributed by atoms with van der Waals surface area (Å²) in [6.45, 7) is 4.61. The van der Waals surface area contributed by atoms with Gasteiger partial charge in [-0.1, -0.05) is 65.0 Å². The lowest BCUT2D eigenvalue weighted by molar-refractivity contribution is 0.514. The molecule has 0 bridgehead atoms. The molecule has 0 atom stereocenters. The van der Waals surface area contributed by atoms with E-state index in [4.69, 9.17) is 12.6 Å². The van der Waals surface area contributed by atoms with Gasteiger partial charge in [0.25, 0.3) is 0 Å². The van der Waals surface area contributed by atoms with Crippen LogP contribution in [-0.4, -0.2) is 5.75 Å². The van der Waals surface area contributed by atoms with Gasteiger partial charge in [-0.25, -0.2) is 0 Å². The summed E-state index contributed by atoms with van der Waals surface area (Å²) in [5.41, 5.74) is 0. The van der Waals surface area contributed by atoms with Crippen molar-refractivity contribution in [1.29, 1.82) is 0 Å². The number of hydrogen-bond donors (Lipinski definition) is 0. The highest BCUT2D eigenvalue weighted by molar-refractivity contribution is 7.80. The van der Waals surface area contributed by atoms with Crippen molar-refractivity contribution in [2.75, 3.05) is 5.75 Å². The summed E-state index contributed by atoms with van der Waals surface area (Å²) >= 11 is 4.89. The Labute approximate surface area is 83.5 Å². The standard InChI is InChI=1S/C11H23S/c1-11(2)9-7-5-3-4-6-8-10-12/h11H,3-10H2,1-2H3. The fraction of sp³-hybridized carbons (Fsp3) is 1.00. The molecule has 0 N–H and O–H groups in total. The molecule has 0 fully saturated rings. The van der Waals surface area contributed by atoms with E-state index < -0.39 is 0 Å². The normalized spacial score (nSPS) is 11.0. The number of unbranched alkanes of at least 4 members (excludes halogenated alkanes) is 5. The Balaban J connectivity index is 2.82. The second-order valence-corrected chi connectivity index (χ2v) is 4.42. The minimum atomic E-state index is 0.887. The monoisotopic (exact) mass is 187 g/mol. The van der Waals surface area contributed by atoms with E-state index in [1.165, 1.54) is 44.9 Å². The quantitative estimate of drug-likeness (QED) is 0.488. The first-order valence-corrected chi connectivity index (χ1v) is 5.93. The van der Waals surface area contributed by atoms with Gasteiger partial charge < -0.3 is 0 Å². The fourth-order valence-corrected chi connectivity index (χ4v) is 1.57. The maximum Gasteiger partial charge on any atom is 0.00369 e. The molecule has 0 saturated heterocycles. The zero-order chi connectivity index (χ0) is 9.23. The SMILES string of the molecule is CC(C)CCCCCCCC[S]. The van der Waals surface area contributed by atoms with E-state index in [1.54, 1.807) is 0 Å². The minimum absolute atomic E-state index is 0.887. The van der Waals surface area contributed by atoms with Crippen molar-refractivity contribution in [3.8, 4) is 0 Å². The van der Waals surface area contributed by atoms with Crippen molar-refractivity contribution in [3.63, 3.8) is 0 Å². The van der Waals surface area contributed by atoms with E-state index in [9.17, 15) is 0 Å². The molecular weight excluding hydrogens is 164 g/mol. The fourth-order valence-electron chi connectivity index (χ4n) is 1.36. The Hall–Kier alpha value is 0.350. The Morgan fingerprint density at radius 1 is 0.833 bits per heavy atom. The number of rotatable bonds is 8. The van der Waals surface area contributed by atoms with E-state index in [2.05, 4.69) is 13.8 Å². The smallest absolute Gasteiger partial charge is 0.00369 e. The van der Waals surface area contributed by atoms with Crippen molar-refractivity contribution in [3.05, 3.63) is 0 Å². The average Bonchev–Trinajstić information content (AvgIpc) is 2.02. The van der Waals surface area contributed by atoms with Gasteiger partial charge in [0, 0.05) is 5.75 Å². The van der Waals surface area contributed by atoms with Gasteiger partial charge in [0.2, 0.25) is 0 Å². The first kappa shape index (κ1) is 12.3. The highest BCUT2D eigenvalue weighted by Crippen LogP contribution is 2.11. The number of hydrogen-bond acceptors (Lipinski definition) is 0. The van der Waals surface area contributed by atoms with Crippen molar-refractivity contribution in [1.82, 2.24) is 0 Å². The van der Waals surface area contributed by atoms with Crippen LogP contribution in [0.4, 0.5) is 0 Å². The summed E-state index contributed by atoms with van der Waals surface area (Å²) in [6, 6.07) is 0. The molecule has 0 aliphatic carbocycles. The molecule has 12 heavy (non-hydrogen) atoms. The summed E-state index contributed by atoms with van der Waals surface area (Å²) in [7, 11) is 0. The molecule has 0 aromatic heterocycles. The van der Waals surface area contributed by atoms with Crippen LogP contribution in [0.3, 0.4) is 0 Å². The molecule has 0 aromatic carbocycles. The van der Waals surface area contributed by atoms with Gasteiger partial charge in [0.05, 0.1) is 0 Å². The maximum atomic E-state index is 4.89. The second-order valence-electron chi connectivity index (χ2n) is 4.01. The molecule has 0 aromatic rings. The molecule has 73 valence electrons. The third-order valence-electron chi connectivity index (χ3n) is 2.18. The van der Waals surface area contributed by atoms with Gasteiger partial charge in [-0.05, 0) is 12.3 Å². The topological polar surface area (TPSA) is 0 Å². The molecule has 1 heteroatoms. The molecule has 0 rings (SSSR count). The summed E-state index contributed by atoms with van der Waals surface area (Å²) in [5.74, 6) is 1.84. The van der Waals surface area contributed by atoms with Crippen molar-refractivity contribution >= 4 is 12.6 Å². The maximum absolute atomic E-state index is 4.89. The lowest BCUT2D eigenvalue weighted by Crippen LogP contribution is -1.87. The zero-order valence-electron chi connectivity index (χ0n) is 8.64. The van der Waals surface area contributed by atoms with E-state index in [0.717, 1.165) is 11.7 Å². The Morgan fingerprint density at radius 3 is 1.83 bits per heavy atom. The molecule has 1 radical (unpaired) electrons. The molecule has 0 unspecified atom stereocenters. The average molecular weight is 187 g/mol. The summed E-state index contributed by atoms with van der Waals surface area (Å²) in [5, 5.41) is 0. The van der Waals surface area contributed by atoms with Crippen LogP contribution in [0.15, 0.2) is 0 Å². The Kier molecular flexibility index (Phi) is 9.71. The molecule has 0 heterocycles. The van der Waals surface area contributed by atoms with Crippen molar-refractivity contribution < 1.29 is 0 Å². The van der Waals surface area contributed by atoms with Gasteiger partial charge in [-0.3, -0.25) is 0 Å². The Morgan fingerprint density at radius 2 is 1.33 bits per heavy atom. The summed E-state index contributed by atoms with van der Waals surface area (Å²) < 4.78 is 0. The van der Waals surface area contributed by atoms with Crippen LogP contribution in [0.5, 0.6) is 0 Å². The van der Waals surface area contributed by atoms with E-state index in [0.29, 0.717) is 0 Å². The van der Waals surface area contributed by atoms with Crippen LogP contribution < -0.4 is 0 Å². The third-order valence-corrected chi connectivity index (χ3v) is 2.46. The molecule has 0 aliphatic heterocycles. The first-order chi connectivity index (χ1) is 5.77. The third kappa shape index (κ3) is 10.3. The van der Waals surface area contributed by atoms with Crippen LogP contribution in [0, 0.1) is 5.92 Å². The first-order valence-electron chi connectivity index (χ1n) is 5.35. The van der Waals surface area contributed by atoms with Gasteiger partial charge in [-0.15, -0.1) is 0 Å². The van der Waals surface area contributed by atoms with Gasteiger partial charge in [-0.2, -0.15) is 0 Å². The van der Waals surface area contributed by atoms with Crippen LogP contribution in [-0.2, 0) is 0 Å². The van der Waals surface area contributed by atoms with Crippen LogP contribution >= 0.6 is 12.6 Å². The van der Waals surface area contributed by atoms with Crippen LogP contribution in [0.25, 0.3) is 0 Å². The van der Waals surface area contributed by atoms with Crippen molar-refractivity contribution in [2.24, 2.45) is 5.92 Å². The van der Waals surface area contributed by atoms with Crippen LogP contribution in [0.1, 0.15) is 58.8 Å². The Bertz CT molecular complexity index is 79.1. The van der Waals surface area contributed by atoms with E-state index in [1.807, 2.05) is 0 Å². The highest BCUT2D eigenvalue weighted by Gasteiger charge is 1.94. The molecule has 0 spiro atoms. The molecule has 0 saturated carbocycles.